The van der Waals surface area contributed by atoms with Crippen molar-refractivity contribution in [3.05, 3.63) is 88.7 Å². The van der Waals surface area contributed by atoms with Gasteiger partial charge in [-0.25, -0.2) is 9.59 Å². The third-order valence-corrected chi connectivity index (χ3v) is 4.78. The van der Waals surface area contributed by atoms with E-state index in [1.807, 2.05) is 48.5 Å². The Bertz CT molecular complexity index is 916. The lowest BCUT2D eigenvalue weighted by Crippen LogP contribution is -2.29. The summed E-state index contributed by atoms with van der Waals surface area (Å²) in [5.74, 6) is -1.59. The van der Waals surface area contributed by atoms with Crippen LogP contribution in [0, 0.1) is 0 Å². The first-order valence-electron chi connectivity index (χ1n) is 9.42. The van der Waals surface area contributed by atoms with Crippen molar-refractivity contribution in [2.24, 2.45) is 0 Å². The Morgan fingerprint density at radius 3 is 1.90 bits per heavy atom. The molecule has 1 aliphatic rings. The predicted octanol–water partition coefficient (Wildman–Crippen LogP) is 4.84. The van der Waals surface area contributed by atoms with Gasteiger partial charge in [0.15, 0.2) is 0 Å². The Hall–Kier alpha value is -3.05. The zero-order chi connectivity index (χ0) is 20.8. The molecule has 0 saturated carbocycles. The lowest BCUT2D eigenvalue weighted by Gasteiger charge is -2.30. The molecule has 1 heterocycles. The largest absolute Gasteiger partial charge is 0.463 e. The van der Waals surface area contributed by atoms with Crippen molar-refractivity contribution in [2.75, 3.05) is 18.1 Å². The maximum absolute atomic E-state index is 12.8. The molecule has 0 atom stereocenters. The van der Waals surface area contributed by atoms with E-state index in [1.54, 1.807) is 37.2 Å². The van der Waals surface area contributed by atoms with Crippen molar-refractivity contribution in [1.29, 1.82) is 0 Å². The number of hydrogen-bond acceptors (Lipinski definition) is 5. The van der Waals surface area contributed by atoms with E-state index in [0.717, 1.165) is 5.56 Å². The Balaban J connectivity index is 2.18. The van der Waals surface area contributed by atoms with Crippen molar-refractivity contribution < 1.29 is 19.1 Å². The monoisotopic (exact) mass is 411 g/mol. The fourth-order valence-corrected chi connectivity index (χ4v) is 3.46. The summed E-state index contributed by atoms with van der Waals surface area (Å²) in [7, 11) is 0. The van der Waals surface area contributed by atoms with Crippen molar-refractivity contribution in [2.45, 2.75) is 19.8 Å². The van der Waals surface area contributed by atoms with Crippen LogP contribution in [0.4, 0.5) is 5.69 Å². The van der Waals surface area contributed by atoms with Crippen LogP contribution in [0.2, 0.25) is 5.02 Å². The van der Waals surface area contributed by atoms with Crippen LogP contribution in [0.15, 0.2) is 78.1 Å². The molecule has 29 heavy (non-hydrogen) atoms. The number of carbonyl (C=O) groups is 2. The van der Waals surface area contributed by atoms with Crippen molar-refractivity contribution in [3.63, 3.8) is 0 Å². The number of hydrogen-bond donors (Lipinski definition) is 0. The maximum Gasteiger partial charge on any atom is 0.336 e. The number of halogens is 1. The molecule has 0 radical (unpaired) electrons. The molecular formula is C23H22ClNO4. The van der Waals surface area contributed by atoms with E-state index < -0.39 is 17.9 Å². The first-order chi connectivity index (χ1) is 14.1. The number of benzene rings is 2. The number of carbonyl (C=O) groups excluding carboxylic acids is 2. The molecule has 0 amide bonds. The summed E-state index contributed by atoms with van der Waals surface area (Å²) < 4.78 is 10.6. The normalized spacial score (nSPS) is 14.1. The van der Waals surface area contributed by atoms with E-state index in [2.05, 4.69) is 0 Å². The van der Waals surface area contributed by atoms with Crippen LogP contribution < -0.4 is 4.90 Å². The molecule has 0 bridgehead atoms. The fraction of sp³-hybridized carbons (Fsp3) is 0.217. The van der Waals surface area contributed by atoms with Crippen LogP contribution in [-0.2, 0) is 19.1 Å². The predicted molar refractivity (Wildman–Crippen MR) is 113 cm³/mol. The summed E-state index contributed by atoms with van der Waals surface area (Å²) in [6.07, 6.45) is 3.33. The highest BCUT2D eigenvalue weighted by Gasteiger charge is 2.36. The summed E-state index contributed by atoms with van der Waals surface area (Å²) in [5.41, 5.74) is 2.11. The number of rotatable bonds is 6. The lowest BCUT2D eigenvalue weighted by atomic mass is 9.83. The van der Waals surface area contributed by atoms with Gasteiger partial charge in [0, 0.05) is 12.4 Å². The molecule has 2 aromatic rings. The zero-order valence-corrected chi connectivity index (χ0v) is 17.1. The average molecular weight is 412 g/mol. The highest BCUT2D eigenvalue weighted by atomic mass is 35.5. The van der Waals surface area contributed by atoms with Gasteiger partial charge in [0.25, 0.3) is 0 Å². The first kappa shape index (κ1) is 20.7. The van der Waals surface area contributed by atoms with Crippen LogP contribution in [0.5, 0.6) is 0 Å². The molecule has 6 heteroatoms. The summed E-state index contributed by atoms with van der Waals surface area (Å²) in [6.45, 7) is 3.93. The number of anilines is 1. The van der Waals surface area contributed by atoms with Crippen molar-refractivity contribution in [3.8, 4) is 0 Å². The minimum Gasteiger partial charge on any atom is -0.463 e. The van der Waals surface area contributed by atoms with Gasteiger partial charge in [-0.2, -0.15) is 0 Å². The number of para-hydroxylation sites is 1. The zero-order valence-electron chi connectivity index (χ0n) is 16.3. The van der Waals surface area contributed by atoms with E-state index in [-0.39, 0.29) is 13.2 Å². The Morgan fingerprint density at radius 1 is 0.862 bits per heavy atom. The topological polar surface area (TPSA) is 55.8 Å². The van der Waals surface area contributed by atoms with E-state index >= 15 is 0 Å². The standard InChI is InChI=1S/C23H22ClNO4/c1-3-28-22(26)17-14-25(20-13-9-8-12-19(20)24)15-18(23(27)29-4-2)21(17)16-10-6-5-7-11-16/h5-15,21H,3-4H2,1-2H3. The van der Waals surface area contributed by atoms with Gasteiger partial charge in [-0.1, -0.05) is 54.1 Å². The van der Waals surface area contributed by atoms with Gasteiger partial charge in [0.05, 0.1) is 41.0 Å². The summed E-state index contributed by atoms with van der Waals surface area (Å²) >= 11 is 6.36. The van der Waals surface area contributed by atoms with E-state index in [4.69, 9.17) is 21.1 Å². The lowest BCUT2D eigenvalue weighted by molar-refractivity contribution is -0.139. The molecule has 0 aliphatic carbocycles. The van der Waals surface area contributed by atoms with Gasteiger partial charge in [-0.3, -0.25) is 0 Å². The smallest absolute Gasteiger partial charge is 0.336 e. The molecule has 0 saturated heterocycles. The van der Waals surface area contributed by atoms with Crippen LogP contribution in [0.3, 0.4) is 0 Å². The molecule has 0 unspecified atom stereocenters. The van der Waals surface area contributed by atoms with Gasteiger partial charge < -0.3 is 14.4 Å². The summed E-state index contributed by atoms with van der Waals surface area (Å²) in [5, 5.41) is 0.490. The molecule has 0 fully saturated rings. The number of esters is 2. The third kappa shape index (κ3) is 4.51. The minimum absolute atomic E-state index is 0.224. The van der Waals surface area contributed by atoms with Gasteiger partial charge in [-0.15, -0.1) is 0 Å². The highest BCUT2D eigenvalue weighted by Crippen LogP contribution is 2.39. The molecule has 1 aliphatic heterocycles. The SMILES string of the molecule is CCOC(=O)C1=CN(c2ccccc2Cl)C=C(C(=O)OCC)C1c1ccccc1. The molecule has 0 spiro atoms. The number of nitrogens with zero attached hydrogens (tertiary/aromatic N) is 1. The average Bonchev–Trinajstić information content (AvgIpc) is 2.74. The molecule has 3 rings (SSSR count). The summed E-state index contributed by atoms with van der Waals surface area (Å²) in [6, 6.07) is 16.5. The molecule has 150 valence electrons. The van der Waals surface area contributed by atoms with Gasteiger partial charge in [0.1, 0.15) is 0 Å². The quantitative estimate of drug-likeness (QED) is 0.637. The summed E-state index contributed by atoms with van der Waals surface area (Å²) in [4.78, 5) is 27.3. The van der Waals surface area contributed by atoms with Crippen LogP contribution >= 0.6 is 11.6 Å². The molecule has 0 aromatic heterocycles. The van der Waals surface area contributed by atoms with E-state index in [0.29, 0.717) is 21.9 Å². The highest BCUT2D eigenvalue weighted by molar-refractivity contribution is 6.33. The number of ether oxygens (including phenoxy) is 2. The first-order valence-corrected chi connectivity index (χ1v) is 9.80. The van der Waals surface area contributed by atoms with Crippen molar-refractivity contribution >= 4 is 29.2 Å². The second-order valence-corrected chi connectivity index (χ2v) is 6.72. The third-order valence-electron chi connectivity index (χ3n) is 4.46. The molecule has 2 aromatic carbocycles. The van der Waals surface area contributed by atoms with E-state index in [9.17, 15) is 9.59 Å². The van der Waals surface area contributed by atoms with E-state index in [1.165, 1.54) is 0 Å². The molecular weight excluding hydrogens is 390 g/mol. The fourth-order valence-electron chi connectivity index (χ4n) is 3.23. The molecule has 0 N–H and O–H groups in total. The van der Waals surface area contributed by atoms with Gasteiger partial charge in [-0.05, 0) is 31.5 Å². The second-order valence-electron chi connectivity index (χ2n) is 6.31. The molecule has 5 nitrogen and oxygen atoms in total. The van der Waals surface area contributed by atoms with Crippen LogP contribution in [-0.4, -0.2) is 25.2 Å². The van der Waals surface area contributed by atoms with Crippen LogP contribution in [0.1, 0.15) is 25.3 Å². The minimum atomic E-state index is -0.604. The van der Waals surface area contributed by atoms with Gasteiger partial charge in [0.2, 0.25) is 0 Å². The van der Waals surface area contributed by atoms with Crippen molar-refractivity contribution in [1.82, 2.24) is 0 Å². The Morgan fingerprint density at radius 2 is 1.38 bits per heavy atom. The van der Waals surface area contributed by atoms with Crippen LogP contribution in [0.25, 0.3) is 0 Å². The Labute approximate surface area is 175 Å². The van der Waals surface area contributed by atoms with Gasteiger partial charge >= 0.3 is 11.9 Å². The maximum atomic E-state index is 12.8. The Kier molecular flexibility index (Phi) is 6.73. The second kappa shape index (κ2) is 9.43.